The molecule has 0 atom stereocenters. The highest BCUT2D eigenvalue weighted by molar-refractivity contribution is 6.05. The van der Waals surface area contributed by atoms with Crippen molar-refractivity contribution < 1.29 is 23.8 Å². The monoisotopic (exact) mass is 331 g/mol. The van der Waals surface area contributed by atoms with Gasteiger partial charge in [-0.3, -0.25) is 4.79 Å². The summed E-state index contributed by atoms with van der Waals surface area (Å²) >= 11 is 0. The van der Waals surface area contributed by atoms with Crippen molar-refractivity contribution in [2.75, 3.05) is 12.4 Å². The van der Waals surface area contributed by atoms with Gasteiger partial charge in [0.2, 0.25) is 0 Å². The van der Waals surface area contributed by atoms with E-state index in [9.17, 15) is 14.7 Å². The van der Waals surface area contributed by atoms with Gasteiger partial charge in [0.1, 0.15) is 11.5 Å². The second-order valence-corrected chi connectivity index (χ2v) is 5.88. The lowest BCUT2D eigenvalue weighted by Gasteiger charge is -2.09. The fourth-order valence-electron chi connectivity index (χ4n) is 2.35. The van der Waals surface area contributed by atoms with Crippen molar-refractivity contribution in [3.05, 3.63) is 52.5 Å². The first-order valence-electron chi connectivity index (χ1n) is 7.59. The van der Waals surface area contributed by atoms with E-state index in [2.05, 4.69) is 5.32 Å². The number of furan rings is 1. The molecule has 1 aromatic heterocycles. The summed E-state index contributed by atoms with van der Waals surface area (Å²) in [5, 5.41) is 11.9. The average molecular weight is 331 g/mol. The average Bonchev–Trinajstić information content (AvgIpc) is 2.89. The lowest BCUT2D eigenvalue weighted by atomic mass is 10.1. The molecule has 0 saturated carbocycles. The Hall–Kier alpha value is -2.60. The highest BCUT2D eigenvalue weighted by Crippen LogP contribution is 2.23. The number of carbonyl (C=O) groups is 2. The molecular formula is C18H21NO5. The van der Waals surface area contributed by atoms with E-state index in [1.807, 2.05) is 13.8 Å². The minimum Gasteiger partial charge on any atom is -0.478 e. The molecule has 2 rings (SSSR count). The molecule has 6 nitrogen and oxygen atoms in total. The van der Waals surface area contributed by atoms with Crippen LogP contribution in [0.3, 0.4) is 0 Å². The summed E-state index contributed by atoms with van der Waals surface area (Å²) in [7, 11) is 1.52. The van der Waals surface area contributed by atoms with Gasteiger partial charge in [-0.1, -0.05) is 13.8 Å². The molecule has 1 aromatic carbocycles. The summed E-state index contributed by atoms with van der Waals surface area (Å²) in [4.78, 5) is 23.7. The number of ether oxygens (including phenoxy) is 1. The molecule has 0 spiro atoms. The quantitative estimate of drug-likeness (QED) is 0.840. The van der Waals surface area contributed by atoms with E-state index in [1.165, 1.54) is 19.2 Å². The van der Waals surface area contributed by atoms with Crippen LogP contribution in [0.2, 0.25) is 0 Å². The maximum Gasteiger partial charge on any atom is 0.335 e. The molecule has 2 aromatic rings. The summed E-state index contributed by atoms with van der Waals surface area (Å²) < 4.78 is 10.6. The Labute approximate surface area is 140 Å². The van der Waals surface area contributed by atoms with Crippen LogP contribution >= 0.6 is 0 Å². The molecule has 0 fully saturated rings. The first kappa shape index (κ1) is 17.7. The number of carboxylic acid groups (broad SMARTS) is 1. The van der Waals surface area contributed by atoms with Gasteiger partial charge >= 0.3 is 5.97 Å². The number of aryl methyl sites for hydroxylation is 1. The van der Waals surface area contributed by atoms with Crippen molar-refractivity contribution in [3.63, 3.8) is 0 Å². The van der Waals surface area contributed by atoms with Gasteiger partial charge in [-0.05, 0) is 36.8 Å². The number of nitrogens with one attached hydrogen (secondary N) is 1. The molecule has 0 unspecified atom stereocenters. The van der Waals surface area contributed by atoms with E-state index in [4.69, 9.17) is 9.15 Å². The van der Waals surface area contributed by atoms with Crippen molar-refractivity contribution in [3.8, 4) is 0 Å². The molecule has 0 saturated heterocycles. The largest absolute Gasteiger partial charge is 0.478 e. The van der Waals surface area contributed by atoms with E-state index in [0.717, 1.165) is 5.76 Å². The molecule has 0 aliphatic rings. The number of hydrogen-bond donors (Lipinski definition) is 2. The van der Waals surface area contributed by atoms with Gasteiger partial charge in [0.15, 0.2) is 0 Å². The Bertz CT molecular complexity index is 761. The van der Waals surface area contributed by atoms with Crippen LogP contribution in [-0.4, -0.2) is 24.1 Å². The number of anilines is 1. The van der Waals surface area contributed by atoms with Gasteiger partial charge in [0, 0.05) is 18.7 Å². The summed E-state index contributed by atoms with van der Waals surface area (Å²) in [5.74, 6) is 0.0349. The predicted molar refractivity (Wildman–Crippen MR) is 89.6 cm³/mol. The predicted octanol–water partition coefficient (Wildman–Crippen LogP) is 3.81. The molecule has 2 N–H and O–H groups in total. The molecule has 24 heavy (non-hydrogen) atoms. The SMILES string of the molecule is COCc1cc(NC(=O)c2cc(C(C)C)oc2C)cc(C(=O)O)c1. The van der Waals surface area contributed by atoms with Crippen LogP contribution in [0, 0.1) is 6.92 Å². The summed E-state index contributed by atoms with van der Waals surface area (Å²) in [6, 6.07) is 6.33. The highest BCUT2D eigenvalue weighted by Gasteiger charge is 2.17. The topological polar surface area (TPSA) is 88.8 Å². The van der Waals surface area contributed by atoms with Gasteiger partial charge in [-0.15, -0.1) is 0 Å². The zero-order valence-corrected chi connectivity index (χ0v) is 14.2. The van der Waals surface area contributed by atoms with Crippen LogP contribution in [0.25, 0.3) is 0 Å². The number of methoxy groups -OCH3 is 1. The van der Waals surface area contributed by atoms with Gasteiger partial charge in [0.05, 0.1) is 17.7 Å². The van der Waals surface area contributed by atoms with Gasteiger partial charge in [0.25, 0.3) is 5.91 Å². The fraction of sp³-hybridized carbons (Fsp3) is 0.333. The zero-order valence-electron chi connectivity index (χ0n) is 14.2. The number of carboxylic acids is 1. The third-order valence-corrected chi connectivity index (χ3v) is 3.56. The van der Waals surface area contributed by atoms with Crippen molar-refractivity contribution in [1.82, 2.24) is 0 Å². The Balaban J connectivity index is 2.29. The van der Waals surface area contributed by atoms with Crippen molar-refractivity contribution in [1.29, 1.82) is 0 Å². The first-order valence-corrected chi connectivity index (χ1v) is 7.59. The molecule has 1 amide bonds. The molecule has 128 valence electrons. The van der Waals surface area contributed by atoms with Crippen LogP contribution in [0.1, 0.15) is 57.6 Å². The van der Waals surface area contributed by atoms with Crippen LogP contribution < -0.4 is 5.32 Å². The Kier molecular flexibility index (Phi) is 5.41. The van der Waals surface area contributed by atoms with E-state index in [0.29, 0.717) is 22.6 Å². The van der Waals surface area contributed by atoms with Crippen LogP contribution in [-0.2, 0) is 11.3 Å². The molecule has 0 aliphatic carbocycles. The third kappa shape index (κ3) is 4.02. The molecular weight excluding hydrogens is 310 g/mol. The fourth-order valence-corrected chi connectivity index (χ4v) is 2.35. The summed E-state index contributed by atoms with van der Waals surface area (Å²) in [6.07, 6.45) is 0. The second-order valence-electron chi connectivity index (χ2n) is 5.88. The van der Waals surface area contributed by atoms with Gasteiger partial charge < -0.3 is 19.6 Å². The van der Waals surface area contributed by atoms with Gasteiger partial charge in [-0.2, -0.15) is 0 Å². The number of benzene rings is 1. The number of rotatable bonds is 6. The number of carbonyl (C=O) groups excluding carboxylic acids is 1. The summed E-state index contributed by atoms with van der Waals surface area (Å²) in [5.41, 5.74) is 1.59. The Morgan fingerprint density at radius 1 is 1.25 bits per heavy atom. The number of hydrogen-bond acceptors (Lipinski definition) is 4. The Morgan fingerprint density at radius 3 is 2.50 bits per heavy atom. The van der Waals surface area contributed by atoms with Gasteiger partial charge in [-0.25, -0.2) is 4.79 Å². The molecule has 0 bridgehead atoms. The molecule has 1 heterocycles. The zero-order chi connectivity index (χ0) is 17.9. The van der Waals surface area contributed by atoms with E-state index in [1.54, 1.807) is 19.1 Å². The number of amides is 1. The maximum atomic E-state index is 12.5. The third-order valence-electron chi connectivity index (χ3n) is 3.56. The standard InChI is InChI=1S/C18H21NO5/c1-10(2)16-8-15(11(3)24-16)17(20)19-14-6-12(9-23-4)5-13(7-14)18(21)22/h5-8,10H,9H2,1-4H3,(H,19,20)(H,21,22). The van der Waals surface area contributed by atoms with Crippen molar-refractivity contribution >= 4 is 17.6 Å². The normalized spacial score (nSPS) is 10.9. The lowest BCUT2D eigenvalue weighted by Crippen LogP contribution is -2.13. The van der Waals surface area contributed by atoms with Crippen LogP contribution in [0.5, 0.6) is 0 Å². The number of aromatic carboxylic acids is 1. The first-order chi connectivity index (χ1) is 11.3. The molecule has 6 heteroatoms. The van der Waals surface area contributed by atoms with Crippen molar-refractivity contribution in [2.24, 2.45) is 0 Å². The molecule has 0 aliphatic heterocycles. The van der Waals surface area contributed by atoms with E-state index >= 15 is 0 Å². The van der Waals surface area contributed by atoms with E-state index < -0.39 is 5.97 Å². The highest BCUT2D eigenvalue weighted by atomic mass is 16.5. The smallest absolute Gasteiger partial charge is 0.335 e. The summed E-state index contributed by atoms with van der Waals surface area (Å²) in [6.45, 7) is 5.94. The Morgan fingerprint density at radius 2 is 1.96 bits per heavy atom. The lowest BCUT2D eigenvalue weighted by molar-refractivity contribution is 0.0696. The van der Waals surface area contributed by atoms with E-state index in [-0.39, 0.29) is 24.0 Å². The second kappa shape index (κ2) is 7.31. The minimum absolute atomic E-state index is 0.0895. The van der Waals surface area contributed by atoms with Crippen LogP contribution in [0.4, 0.5) is 5.69 Å². The molecule has 0 radical (unpaired) electrons. The maximum absolute atomic E-state index is 12.5. The van der Waals surface area contributed by atoms with Crippen molar-refractivity contribution in [2.45, 2.75) is 33.3 Å². The minimum atomic E-state index is -1.06. The van der Waals surface area contributed by atoms with Crippen LogP contribution in [0.15, 0.2) is 28.7 Å².